The zero-order valence-electron chi connectivity index (χ0n) is 14.0. The molecule has 0 aromatic heterocycles. The maximum atomic E-state index is 5.72. The van der Waals surface area contributed by atoms with Crippen molar-refractivity contribution in [3.05, 3.63) is 41.5 Å². The monoisotopic (exact) mass is 296 g/mol. The molecular formula is C21H28O. The predicted molar refractivity (Wildman–Crippen MR) is 94.1 cm³/mol. The Hall–Kier alpha value is -1.68. The van der Waals surface area contributed by atoms with Crippen LogP contribution in [-0.4, -0.2) is 6.61 Å². The minimum absolute atomic E-state index is 0.810. The van der Waals surface area contributed by atoms with Gasteiger partial charge in [-0.15, -0.1) is 0 Å². The number of benzene rings is 1. The summed E-state index contributed by atoms with van der Waals surface area (Å²) in [5.41, 5.74) is 2.38. The van der Waals surface area contributed by atoms with Gasteiger partial charge >= 0.3 is 0 Å². The molecule has 0 heterocycles. The van der Waals surface area contributed by atoms with Crippen LogP contribution in [0.5, 0.6) is 5.75 Å². The third-order valence-electron chi connectivity index (χ3n) is 4.34. The van der Waals surface area contributed by atoms with Crippen LogP contribution in [0.3, 0.4) is 0 Å². The maximum absolute atomic E-state index is 5.72. The fourth-order valence-electron chi connectivity index (χ4n) is 2.70. The molecule has 1 atom stereocenters. The van der Waals surface area contributed by atoms with Gasteiger partial charge in [-0.2, -0.15) is 0 Å². The molecule has 1 aromatic carbocycles. The molecule has 2 rings (SSSR count). The zero-order valence-corrected chi connectivity index (χ0v) is 14.0. The Labute approximate surface area is 135 Å². The summed E-state index contributed by atoms with van der Waals surface area (Å²) in [5.74, 6) is 8.43. The first-order valence-electron chi connectivity index (χ1n) is 8.75. The lowest BCUT2D eigenvalue weighted by Crippen LogP contribution is -2.03. The summed E-state index contributed by atoms with van der Waals surface area (Å²) in [6.45, 7) is 5.29. The molecule has 0 saturated carbocycles. The normalized spacial score (nSPS) is 17.4. The highest BCUT2D eigenvalue weighted by Gasteiger charge is 2.10. The summed E-state index contributed by atoms with van der Waals surface area (Å²) in [4.78, 5) is 0. The summed E-state index contributed by atoms with van der Waals surface area (Å²) >= 11 is 0. The van der Waals surface area contributed by atoms with Gasteiger partial charge in [0.25, 0.3) is 0 Å². The standard InChI is InChI=1S/C21H28O/c1-3-5-6-17-22-21-15-13-20(14-16-21)12-11-19-9-7-18(4-2)8-10-19/h9,13-16,18H,3-8,10,17H2,1-2H3. The van der Waals surface area contributed by atoms with Gasteiger partial charge in [0.1, 0.15) is 5.75 Å². The Balaban J connectivity index is 1.84. The fourth-order valence-corrected chi connectivity index (χ4v) is 2.70. The summed E-state index contributed by atoms with van der Waals surface area (Å²) < 4.78 is 5.72. The Morgan fingerprint density at radius 1 is 1.09 bits per heavy atom. The highest BCUT2D eigenvalue weighted by Crippen LogP contribution is 2.25. The molecule has 1 aliphatic rings. The van der Waals surface area contributed by atoms with Gasteiger partial charge in [0, 0.05) is 5.56 Å². The quantitative estimate of drug-likeness (QED) is 0.480. The van der Waals surface area contributed by atoms with E-state index in [9.17, 15) is 0 Å². The smallest absolute Gasteiger partial charge is 0.119 e. The number of allylic oxidation sites excluding steroid dienone is 2. The van der Waals surface area contributed by atoms with E-state index in [0.717, 1.165) is 36.7 Å². The fraction of sp³-hybridized carbons (Fsp3) is 0.524. The zero-order chi connectivity index (χ0) is 15.6. The van der Waals surface area contributed by atoms with Crippen molar-refractivity contribution >= 4 is 0 Å². The molecule has 118 valence electrons. The topological polar surface area (TPSA) is 9.23 Å². The van der Waals surface area contributed by atoms with Gasteiger partial charge in [-0.25, -0.2) is 0 Å². The second-order valence-corrected chi connectivity index (χ2v) is 6.11. The third kappa shape index (κ3) is 5.60. The molecule has 0 N–H and O–H groups in total. The van der Waals surface area contributed by atoms with Gasteiger partial charge in [0.15, 0.2) is 0 Å². The number of hydrogen-bond acceptors (Lipinski definition) is 1. The summed E-state index contributed by atoms with van der Waals surface area (Å²) in [7, 11) is 0. The van der Waals surface area contributed by atoms with Crippen LogP contribution in [0.2, 0.25) is 0 Å². The Kier molecular flexibility index (Phi) is 7.10. The molecule has 1 heteroatoms. The van der Waals surface area contributed by atoms with E-state index in [4.69, 9.17) is 4.74 Å². The van der Waals surface area contributed by atoms with Gasteiger partial charge in [-0.1, -0.05) is 51.0 Å². The van der Waals surface area contributed by atoms with E-state index < -0.39 is 0 Å². The van der Waals surface area contributed by atoms with E-state index in [0.29, 0.717) is 0 Å². The molecule has 0 saturated heterocycles. The number of unbranched alkanes of at least 4 members (excludes halogenated alkanes) is 2. The van der Waals surface area contributed by atoms with Crippen LogP contribution in [0, 0.1) is 17.8 Å². The van der Waals surface area contributed by atoms with Gasteiger partial charge < -0.3 is 4.74 Å². The first kappa shape index (κ1) is 16.7. The average Bonchev–Trinajstić information content (AvgIpc) is 2.58. The van der Waals surface area contributed by atoms with E-state index in [1.54, 1.807) is 0 Å². The molecule has 0 spiro atoms. The SMILES string of the molecule is CCCCCOc1ccc(C#CC2=CCC(CC)CC2)cc1. The minimum atomic E-state index is 0.810. The van der Waals surface area contributed by atoms with Crippen molar-refractivity contribution in [3.8, 4) is 17.6 Å². The van der Waals surface area contributed by atoms with E-state index in [2.05, 4.69) is 43.9 Å². The van der Waals surface area contributed by atoms with E-state index >= 15 is 0 Å². The van der Waals surface area contributed by atoms with E-state index in [-0.39, 0.29) is 0 Å². The molecule has 0 radical (unpaired) electrons. The molecule has 22 heavy (non-hydrogen) atoms. The maximum Gasteiger partial charge on any atom is 0.119 e. The van der Waals surface area contributed by atoms with Crippen LogP contribution < -0.4 is 4.74 Å². The van der Waals surface area contributed by atoms with Crippen molar-refractivity contribution in [3.63, 3.8) is 0 Å². The molecule has 1 nitrogen and oxygen atoms in total. The molecule has 0 fully saturated rings. The third-order valence-corrected chi connectivity index (χ3v) is 4.34. The Morgan fingerprint density at radius 3 is 2.55 bits per heavy atom. The van der Waals surface area contributed by atoms with Gasteiger partial charge in [0.2, 0.25) is 0 Å². The Bertz CT molecular complexity index is 527. The number of ether oxygens (including phenoxy) is 1. The van der Waals surface area contributed by atoms with Crippen molar-refractivity contribution in [2.45, 2.75) is 58.8 Å². The largest absolute Gasteiger partial charge is 0.494 e. The van der Waals surface area contributed by atoms with Crippen LogP contribution in [0.1, 0.15) is 64.4 Å². The van der Waals surface area contributed by atoms with Gasteiger partial charge in [0.05, 0.1) is 6.61 Å². The molecule has 1 unspecified atom stereocenters. The lowest BCUT2D eigenvalue weighted by Gasteiger charge is -2.17. The van der Waals surface area contributed by atoms with Gasteiger partial charge in [-0.3, -0.25) is 0 Å². The van der Waals surface area contributed by atoms with Crippen molar-refractivity contribution in [2.24, 2.45) is 5.92 Å². The molecule has 0 aliphatic heterocycles. The van der Waals surface area contributed by atoms with Crippen molar-refractivity contribution in [1.29, 1.82) is 0 Å². The predicted octanol–water partition coefficient (Wildman–Crippen LogP) is 5.74. The summed E-state index contributed by atoms with van der Waals surface area (Å²) in [6.07, 6.45) is 10.8. The van der Waals surface area contributed by atoms with Crippen LogP contribution >= 0.6 is 0 Å². The van der Waals surface area contributed by atoms with Gasteiger partial charge in [-0.05, 0) is 61.4 Å². The summed E-state index contributed by atoms with van der Waals surface area (Å²) in [6, 6.07) is 8.16. The molecule has 1 aliphatic carbocycles. The van der Waals surface area contributed by atoms with E-state index in [1.165, 1.54) is 37.7 Å². The van der Waals surface area contributed by atoms with Crippen LogP contribution in [0.4, 0.5) is 0 Å². The van der Waals surface area contributed by atoms with Crippen LogP contribution in [0.25, 0.3) is 0 Å². The van der Waals surface area contributed by atoms with Crippen LogP contribution in [-0.2, 0) is 0 Å². The Morgan fingerprint density at radius 2 is 1.91 bits per heavy atom. The lowest BCUT2D eigenvalue weighted by atomic mass is 9.88. The highest BCUT2D eigenvalue weighted by atomic mass is 16.5. The summed E-state index contributed by atoms with van der Waals surface area (Å²) in [5, 5.41) is 0. The minimum Gasteiger partial charge on any atom is -0.494 e. The number of hydrogen-bond donors (Lipinski definition) is 0. The average molecular weight is 296 g/mol. The van der Waals surface area contributed by atoms with Crippen molar-refractivity contribution in [2.75, 3.05) is 6.61 Å². The van der Waals surface area contributed by atoms with Crippen LogP contribution in [0.15, 0.2) is 35.9 Å². The van der Waals surface area contributed by atoms with E-state index in [1.807, 2.05) is 12.1 Å². The lowest BCUT2D eigenvalue weighted by molar-refractivity contribution is 0.306. The van der Waals surface area contributed by atoms with Crippen molar-refractivity contribution in [1.82, 2.24) is 0 Å². The molecule has 0 bridgehead atoms. The first-order chi connectivity index (χ1) is 10.8. The molecule has 1 aromatic rings. The highest BCUT2D eigenvalue weighted by molar-refractivity contribution is 5.43. The second kappa shape index (κ2) is 9.36. The first-order valence-corrected chi connectivity index (χ1v) is 8.75. The molecule has 0 amide bonds. The second-order valence-electron chi connectivity index (χ2n) is 6.11. The molecular weight excluding hydrogens is 268 g/mol. The van der Waals surface area contributed by atoms with Crippen molar-refractivity contribution < 1.29 is 4.74 Å². The number of rotatable bonds is 6.